The average molecular weight is 363 g/mol. The zero-order chi connectivity index (χ0) is 19.0. The first-order valence-corrected chi connectivity index (χ1v) is 9.34. The number of amides is 1. The fourth-order valence-corrected chi connectivity index (χ4v) is 3.30. The van der Waals surface area contributed by atoms with Crippen molar-refractivity contribution in [2.45, 2.75) is 26.2 Å². The topological polar surface area (TPSA) is 62.5 Å². The van der Waals surface area contributed by atoms with Crippen LogP contribution in [0.25, 0.3) is 5.52 Å². The standard InChI is InChI=1S/C21H25N5O/c1-21(2,3)18-7-8-19(24-23-18)26-12-15(13-26)11-22-20(27)16-10-17-6-4-5-9-25(17)14-16/h4-10,14-15H,11-13H2,1-3H3,(H,22,27). The first-order valence-electron chi connectivity index (χ1n) is 9.34. The minimum atomic E-state index is -0.0218. The number of rotatable bonds is 4. The van der Waals surface area contributed by atoms with E-state index in [-0.39, 0.29) is 11.3 Å². The zero-order valence-electron chi connectivity index (χ0n) is 16.0. The Kier molecular flexibility index (Phi) is 4.34. The molecule has 3 aromatic rings. The Hall–Kier alpha value is -2.89. The summed E-state index contributed by atoms with van der Waals surface area (Å²) in [6, 6.07) is 11.9. The molecule has 0 aliphatic carbocycles. The van der Waals surface area contributed by atoms with Gasteiger partial charge < -0.3 is 14.6 Å². The van der Waals surface area contributed by atoms with Gasteiger partial charge in [0.1, 0.15) is 0 Å². The Morgan fingerprint density at radius 2 is 2.00 bits per heavy atom. The van der Waals surface area contributed by atoms with Crippen LogP contribution in [0.2, 0.25) is 0 Å². The fourth-order valence-electron chi connectivity index (χ4n) is 3.30. The van der Waals surface area contributed by atoms with Gasteiger partial charge in [0, 0.05) is 48.9 Å². The van der Waals surface area contributed by atoms with Gasteiger partial charge in [-0.15, -0.1) is 5.10 Å². The lowest BCUT2D eigenvalue weighted by atomic mass is 9.92. The summed E-state index contributed by atoms with van der Waals surface area (Å²) < 4.78 is 1.96. The van der Waals surface area contributed by atoms with E-state index >= 15 is 0 Å². The summed E-state index contributed by atoms with van der Waals surface area (Å²) in [6.07, 6.45) is 3.81. The lowest BCUT2D eigenvalue weighted by Crippen LogP contribution is -2.52. The van der Waals surface area contributed by atoms with E-state index in [0.717, 1.165) is 30.1 Å². The Morgan fingerprint density at radius 3 is 2.67 bits per heavy atom. The maximum absolute atomic E-state index is 12.4. The number of hydrogen-bond acceptors (Lipinski definition) is 4. The van der Waals surface area contributed by atoms with Crippen LogP contribution >= 0.6 is 0 Å². The monoisotopic (exact) mass is 363 g/mol. The van der Waals surface area contributed by atoms with Gasteiger partial charge in [-0.1, -0.05) is 26.8 Å². The van der Waals surface area contributed by atoms with Gasteiger partial charge in [0.25, 0.3) is 5.91 Å². The van der Waals surface area contributed by atoms with Crippen LogP contribution in [-0.4, -0.2) is 40.1 Å². The molecule has 1 aliphatic heterocycles. The highest BCUT2D eigenvalue weighted by atomic mass is 16.1. The van der Waals surface area contributed by atoms with Crippen molar-refractivity contribution in [1.82, 2.24) is 19.9 Å². The molecule has 1 amide bonds. The molecular weight excluding hydrogens is 338 g/mol. The SMILES string of the molecule is CC(C)(C)c1ccc(N2CC(CNC(=O)c3cc4ccccn4c3)C2)nn1. The molecule has 0 bridgehead atoms. The van der Waals surface area contributed by atoms with Crippen LogP contribution in [0.3, 0.4) is 0 Å². The highest BCUT2D eigenvalue weighted by Crippen LogP contribution is 2.24. The van der Waals surface area contributed by atoms with E-state index in [9.17, 15) is 4.79 Å². The number of aromatic nitrogens is 3. The maximum Gasteiger partial charge on any atom is 0.252 e. The van der Waals surface area contributed by atoms with Gasteiger partial charge >= 0.3 is 0 Å². The molecule has 27 heavy (non-hydrogen) atoms. The highest BCUT2D eigenvalue weighted by Gasteiger charge is 2.29. The molecule has 4 heterocycles. The molecule has 0 radical (unpaired) electrons. The van der Waals surface area contributed by atoms with Gasteiger partial charge in [-0.2, -0.15) is 5.10 Å². The summed E-state index contributed by atoms with van der Waals surface area (Å²) in [6.45, 7) is 8.85. The second kappa shape index (κ2) is 6.68. The predicted octanol–water partition coefficient (Wildman–Crippen LogP) is 2.89. The van der Waals surface area contributed by atoms with E-state index < -0.39 is 0 Å². The first-order chi connectivity index (χ1) is 12.9. The van der Waals surface area contributed by atoms with Gasteiger partial charge in [-0.3, -0.25) is 4.79 Å². The number of nitrogens with one attached hydrogen (secondary N) is 1. The molecule has 0 spiro atoms. The van der Waals surface area contributed by atoms with E-state index in [1.807, 2.05) is 47.1 Å². The van der Waals surface area contributed by atoms with E-state index in [0.29, 0.717) is 18.0 Å². The maximum atomic E-state index is 12.4. The molecule has 0 aromatic carbocycles. The van der Waals surface area contributed by atoms with Crippen LogP contribution in [-0.2, 0) is 5.41 Å². The van der Waals surface area contributed by atoms with Gasteiger partial charge in [-0.05, 0) is 30.3 Å². The quantitative estimate of drug-likeness (QED) is 0.774. The van der Waals surface area contributed by atoms with Gasteiger partial charge in [0.05, 0.1) is 11.3 Å². The van der Waals surface area contributed by atoms with E-state index in [4.69, 9.17) is 0 Å². The molecule has 0 unspecified atom stereocenters. The van der Waals surface area contributed by atoms with Crippen molar-refractivity contribution in [2.75, 3.05) is 24.5 Å². The van der Waals surface area contributed by atoms with E-state index in [2.05, 4.69) is 47.3 Å². The number of carbonyl (C=O) groups is 1. The highest BCUT2D eigenvalue weighted by molar-refractivity contribution is 5.95. The molecule has 4 rings (SSSR count). The lowest BCUT2D eigenvalue weighted by Gasteiger charge is -2.40. The van der Waals surface area contributed by atoms with Crippen molar-refractivity contribution in [2.24, 2.45) is 5.92 Å². The van der Waals surface area contributed by atoms with E-state index in [1.165, 1.54) is 0 Å². The third-order valence-electron chi connectivity index (χ3n) is 5.02. The number of nitrogens with zero attached hydrogens (tertiary/aromatic N) is 4. The number of carbonyl (C=O) groups excluding carboxylic acids is 1. The van der Waals surface area contributed by atoms with Gasteiger partial charge in [-0.25, -0.2) is 0 Å². The summed E-state index contributed by atoms with van der Waals surface area (Å²) in [5.41, 5.74) is 2.73. The van der Waals surface area contributed by atoms with Crippen molar-refractivity contribution < 1.29 is 4.79 Å². The minimum Gasteiger partial charge on any atom is -0.354 e. The van der Waals surface area contributed by atoms with Gasteiger partial charge in [0.2, 0.25) is 0 Å². The minimum absolute atomic E-state index is 0.0111. The van der Waals surface area contributed by atoms with Crippen molar-refractivity contribution in [3.8, 4) is 0 Å². The third kappa shape index (κ3) is 3.65. The predicted molar refractivity (Wildman–Crippen MR) is 106 cm³/mol. The second-order valence-electron chi connectivity index (χ2n) is 8.27. The Bertz CT molecular complexity index is 916. The molecule has 140 valence electrons. The Labute approximate surface area is 159 Å². The molecule has 1 fully saturated rings. The molecule has 0 saturated carbocycles. The molecule has 6 heteroatoms. The number of fused-ring (bicyclic) bond motifs is 1. The molecular formula is C21H25N5O. The van der Waals surface area contributed by atoms with Crippen molar-refractivity contribution in [3.63, 3.8) is 0 Å². The Balaban J connectivity index is 1.28. The smallest absolute Gasteiger partial charge is 0.252 e. The van der Waals surface area contributed by atoms with Crippen molar-refractivity contribution in [1.29, 1.82) is 0 Å². The summed E-state index contributed by atoms with van der Waals surface area (Å²) in [5.74, 6) is 1.32. The van der Waals surface area contributed by atoms with Crippen LogP contribution in [0.4, 0.5) is 5.82 Å². The number of anilines is 1. The van der Waals surface area contributed by atoms with Crippen molar-refractivity contribution in [3.05, 3.63) is 60.0 Å². The summed E-state index contributed by atoms with van der Waals surface area (Å²) >= 11 is 0. The third-order valence-corrected chi connectivity index (χ3v) is 5.02. The van der Waals surface area contributed by atoms with Crippen LogP contribution < -0.4 is 10.2 Å². The number of pyridine rings is 1. The fraction of sp³-hybridized carbons (Fsp3) is 0.381. The molecule has 1 saturated heterocycles. The summed E-state index contributed by atoms with van der Waals surface area (Å²) in [5, 5.41) is 11.8. The molecule has 1 N–H and O–H groups in total. The molecule has 6 nitrogen and oxygen atoms in total. The largest absolute Gasteiger partial charge is 0.354 e. The lowest BCUT2D eigenvalue weighted by molar-refractivity contribution is 0.0944. The van der Waals surface area contributed by atoms with Gasteiger partial charge in [0.15, 0.2) is 5.82 Å². The first kappa shape index (κ1) is 17.5. The van der Waals surface area contributed by atoms with E-state index in [1.54, 1.807) is 0 Å². The normalized spacial score (nSPS) is 15.0. The summed E-state index contributed by atoms with van der Waals surface area (Å²) in [4.78, 5) is 14.6. The number of hydrogen-bond donors (Lipinski definition) is 1. The molecule has 0 atom stereocenters. The van der Waals surface area contributed by atoms with Crippen molar-refractivity contribution >= 4 is 17.2 Å². The van der Waals surface area contributed by atoms with Crippen LogP contribution in [0.5, 0.6) is 0 Å². The van der Waals surface area contributed by atoms with Crippen LogP contribution in [0.15, 0.2) is 48.8 Å². The molecule has 1 aliphatic rings. The summed E-state index contributed by atoms with van der Waals surface area (Å²) in [7, 11) is 0. The van der Waals surface area contributed by atoms with Crippen LogP contribution in [0, 0.1) is 5.92 Å². The Morgan fingerprint density at radius 1 is 1.19 bits per heavy atom. The second-order valence-corrected chi connectivity index (χ2v) is 8.27. The average Bonchev–Trinajstić information content (AvgIpc) is 3.04. The molecule has 3 aromatic heterocycles. The zero-order valence-corrected chi connectivity index (χ0v) is 16.0. The van der Waals surface area contributed by atoms with Crippen LogP contribution in [0.1, 0.15) is 36.8 Å².